The van der Waals surface area contributed by atoms with E-state index in [2.05, 4.69) is 57.2 Å². The van der Waals surface area contributed by atoms with Gasteiger partial charge in [0.25, 0.3) is 0 Å². The number of amides is 1. The van der Waals surface area contributed by atoms with E-state index >= 15 is 0 Å². The Morgan fingerprint density at radius 2 is 1.79 bits per heavy atom. The average Bonchev–Trinajstić information content (AvgIpc) is 2.54. The third-order valence-electron chi connectivity index (χ3n) is 3.78. The van der Waals surface area contributed by atoms with Crippen molar-refractivity contribution in [2.24, 2.45) is 0 Å². The summed E-state index contributed by atoms with van der Waals surface area (Å²) < 4.78 is 5.44. The molecule has 1 aromatic carbocycles. The minimum Gasteiger partial charge on any atom is -0.444 e. The molecule has 1 aliphatic heterocycles. The summed E-state index contributed by atoms with van der Waals surface area (Å²) >= 11 is 3.42. The molecular weight excluding hydrogens is 368 g/mol. The van der Waals surface area contributed by atoms with E-state index in [-0.39, 0.29) is 6.09 Å². The molecule has 132 valence electrons. The zero-order chi connectivity index (χ0) is 17.6. The van der Waals surface area contributed by atoms with E-state index in [4.69, 9.17) is 4.74 Å². The van der Waals surface area contributed by atoms with Gasteiger partial charge in [0, 0.05) is 37.2 Å². The number of hydrogen-bond acceptors (Lipinski definition) is 3. The second-order valence-electron chi connectivity index (χ2n) is 6.93. The molecular formula is C19H27BrN2O2. The lowest BCUT2D eigenvalue weighted by Crippen LogP contribution is -2.50. The van der Waals surface area contributed by atoms with Crippen LogP contribution in [-0.2, 0) is 4.74 Å². The van der Waals surface area contributed by atoms with Gasteiger partial charge >= 0.3 is 6.09 Å². The summed E-state index contributed by atoms with van der Waals surface area (Å²) in [5.41, 5.74) is 1.98. The predicted octanol–water partition coefficient (Wildman–Crippen LogP) is 4.54. The number of carbonyl (C=O) groups excluding carboxylic acids is 1. The van der Waals surface area contributed by atoms with E-state index in [1.54, 1.807) is 4.90 Å². The molecule has 1 amide bonds. The van der Waals surface area contributed by atoms with Gasteiger partial charge in [-0.2, -0.15) is 0 Å². The molecule has 0 aromatic heterocycles. The standard InChI is InChI=1S/C19H27BrN2O2/c1-19(2,3)24-18(23)22-14-12-21(13-15-22)17-9-7-16(8-10-17)6-4-5-11-20/h4,6-10H,5,11-15H2,1-3H3. The van der Waals surface area contributed by atoms with Gasteiger partial charge in [-0.15, -0.1) is 0 Å². The number of hydrogen-bond donors (Lipinski definition) is 0. The Morgan fingerprint density at radius 3 is 2.33 bits per heavy atom. The van der Waals surface area contributed by atoms with E-state index in [0.29, 0.717) is 13.1 Å². The highest BCUT2D eigenvalue weighted by molar-refractivity contribution is 9.09. The third-order valence-corrected chi connectivity index (χ3v) is 4.23. The van der Waals surface area contributed by atoms with Crippen molar-refractivity contribution in [1.29, 1.82) is 0 Å². The van der Waals surface area contributed by atoms with Crippen molar-refractivity contribution in [3.63, 3.8) is 0 Å². The number of ether oxygens (including phenoxy) is 1. The van der Waals surface area contributed by atoms with Crippen LogP contribution in [0.3, 0.4) is 0 Å². The van der Waals surface area contributed by atoms with Crippen molar-refractivity contribution < 1.29 is 9.53 Å². The number of alkyl halides is 1. The first-order chi connectivity index (χ1) is 11.4. The van der Waals surface area contributed by atoms with Crippen LogP contribution in [0.1, 0.15) is 32.8 Å². The quantitative estimate of drug-likeness (QED) is 0.702. The van der Waals surface area contributed by atoms with Crippen molar-refractivity contribution in [2.75, 3.05) is 36.4 Å². The van der Waals surface area contributed by atoms with Crippen LogP contribution in [0, 0.1) is 0 Å². The summed E-state index contributed by atoms with van der Waals surface area (Å²) in [4.78, 5) is 16.2. The predicted molar refractivity (Wildman–Crippen MR) is 104 cm³/mol. The fourth-order valence-electron chi connectivity index (χ4n) is 2.55. The topological polar surface area (TPSA) is 32.8 Å². The summed E-state index contributed by atoms with van der Waals surface area (Å²) in [6.45, 7) is 8.75. The number of nitrogens with zero attached hydrogens (tertiary/aromatic N) is 2. The van der Waals surface area contributed by atoms with Gasteiger partial charge in [-0.05, 0) is 44.9 Å². The Morgan fingerprint density at radius 1 is 1.17 bits per heavy atom. The Kier molecular flexibility index (Phi) is 6.72. The number of halogens is 1. The average molecular weight is 395 g/mol. The Labute approximate surface area is 153 Å². The SMILES string of the molecule is CC(C)(C)OC(=O)N1CCN(c2ccc(C=CCCBr)cc2)CC1. The van der Waals surface area contributed by atoms with Crippen molar-refractivity contribution in [3.8, 4) is 0 Å². The van der Waals surface area contributed by atoms with Crippen molar-refractivity contribution in [1.82, 2.24) is 4.90 Å². The lowest BCUT2D eigenvalue weighted by atomic mass is 10.1. The molecule has 4 nitrogen and oxygen atoms in total. The normalized spacial score (nSPS) is 15.8. The third kappa shape index (κ3) is 5.86. The minimum atomic E-state index is -0.438. The molecule has 0 atom stereocenters. The minimum absolute atomic E-state index is 0.213. The number of rotatable bonds is 4. The van der Waals surface area contributed by atoms with Gasteiger partial charge < -0.3 is 14.5 Å². The lowest BCUT2D eigenvalue weighted by Gasteiger charge is -2.36. The zero-order valence-electron chi connectivity index (χ0n) is 14.8. The fourth-order valence-corrected chi connectivity index (χ4v) is 2.82. The van der Waals surface area contributed by atoms with E-state index in [0.717, 1.165) is 24.8 Å². The second-order valence-corrected chi connectivity index (χ2v) is 7.72. The molecule has 1 saturated heterocycles. The van der Waals surface area contributed by atoms with E-state index in [1.165, 1.54) is 11.3 Å². The van der Waals surface area contributed by atoms with E-state index in [1.807, 2.05) is 20.8 Å². The Hall–Kier alpha value is -1.49. The van der Waals surface area contributed by atoms with Gasteiger partial charge in [-0.25, -0.2) is 4.79 Å². The van der Waals surface area contributed by atoms with Crippen LogP contribution in [0.2, 0.25) is 0 Å². The number of carbonyl (C=O) groups is 1. The van der Waals surface area contributed by atoms with Crippen LogP contribution in [0.5, 0.6) is 0 Å². The van der Waals surface area contributed by atoms with Crippen LogP contribution < -0.4 is 4.90 Å². The zero-order valence-corrected chi connectivity index (χ0v) is 16.4. The maximum Gasteiger partial charge on any atom is 0.410 e. The van der Waals surface area contributed by atoms with E-state index < -0.39 is 5.60 Å². The van der Waals surface area contributed by atoms with Crippen molar-refractivity contribution >= 4 is 33.8 Å². The van der Waals surface area contributed by atoms with Gasteiger partial charge in [0.1, 0.15) is 5.60 Å². The molecule has 1 fully saturated rings. The summed E-state index contributed by atoms with van der Waals surface area (Å²) in [6, 6.07) is 8.58. The Balaban J connectivity index is 1.87. The monoisotopic (exact) mass is 394 g/mol. The number of allylic oxidation sites excluding steroid dienone is 1. The summed E-state index contributed by atoms with van der Waals surface area (Å²) in [5, 5.41) is 0.990. The first kappa shape index (κ1) is 18.8. The maximum absolute atomic E-state index is 12.1. The number of benzene rings is 1. The maximum atomic E-state index is 12.1. The molecule has 5 heteroatoms. The van der Waals surface area contributed by atoms with Crippen LogP contribution in [-0.4, -0.2) is 48.1 Å². The highest BCUT2D eigenvalue weighted by atomic mass is 79.9. The molecule has 0 aliphatic carbocycles. The van der Waals surface area contributed by atoms with Gasteiger partial charge in [0.15, 0.2) is 0 Å². The molecule has 0 N–H and O–H groups in total. The van der Waals surface area contributed by atoms with Crippen LogP contribution in [0.25, 0.3) is 6.08 Å². The van der Waals surface area contributed by atoms with Crippen molar-refractivity contribution in [2.45, 2.75) is 32.8 Å². The van der Waals surface area contributed by atoms with Gasteiger partial charge in [0.05, 0.1) is 0 Å². The molecule has 24 heavy (non-hydrogen) atoms. The summed E-state index contributed by atoms with van der Waals surface area (Å²) in [6.07, 6.45) is 5.14. The van der Waals surface area contributed by atoms with Gasteiger partial charge in [0.2, 0.25) is 0 Å². The molecule has 0 radical (unpaired) electrons. The van der Waals surface area contributed by atoms with Crippen LogP contribution >= 0.6 is 15.9 Å². The summed E-state index contributed by atoms with van der Waals surface area (Å²) in [5.74, 6) is 0. The fraction of sp³-hybridized carbons (Fsp3) is 0.526. The highest BCUT2D eigenvalue weighted by Gasteiger charge is 2.25. The lowest BCUT2D eigenvalue weighted by molar-refractivity contribution is 0.0240. The number of piperazine rings is 1. The van der Waals surface area contributed by atoms with Crippen LogP contribution in [0.15, 0.2) is 30.3 Å². The second kappa shape index (κ2) is 8.56. The first-order valence-corrected chi connectivity index (χ1v) is 9.56. The van der Waals surface area contributed by atoms with Gasteiger partial charge in [-0.1, -0.05) is 40.2 Å². The van der Waals surface area contributed by atoms with E-state index in [9.17, 15) is 4.79 Å². The molecule has 0 unspecified atom stereocenters. The molecule has 0 bridgehead atoms. The highest BCUT2D eigenvalue weighted by Crippen LogP contribution is 2.19. The smallest absolute Gasteiger partial charge is 0.410 e. The first-order valence-electron chi connectivity index (χ1n) is 8.44. The largest absolute Gasteiger partial charge is 0.444 e. The molecule has 0 spiro atoms. The summed E-state index contributed by atoms with van der Waals surface area (Å²) in [7, 11) is 0. The molecule has 2 rings (SSSR count). The van der Waals surface area contributed by atoms with Crippen molar-refractivity contribution in [3.05, 3.63) is 35.9 Å². The van der Waals surface area contributed by atoms with Gasteiger partial charge in [-0.3, -0.25) is 0 Å². The van der Waals surface area contributed by atoms with Crippen LogP contribution in [0.4, 0.5) is 10.5 Å². The Bertz CT molecular complexity index is 556. The number of anilines is 1. The molecule has 1 aliphatic rings. The molecule has 1 heterocycles. The molecule has 1 aromatic rings. The molecule has 0 saturated carbocycles.